The maximum atomic E-state index is 13.6. The van der Waals surface area contributed by atoms with Crippen molar-refractivity contribution in [2.24, 2.45) is 5.92 Å². The number of aliphatic carboxylic acids is 1. The topological polar surface area (TPSA) is 101 Å². The third-order valence-corrected chi connectivity index (χ3v) is 7.55. The van der Waals surface area contributed by atoms with Crippen LogP contribution in [0.3, 0.4) is 0 Å². The lowest BCUT2D eigenvalue weighted by atomic mass is 9.87. The number of benzene rings is 2. The summed E-state index contributed by atoms with van der Waals surface area (Å²) in [5, 5.41) is 20.0. The fourth-order valence-corrected chi connectivity index (χ4v) is 5.62. The van der Waals surface area contributed by atoms with Gasteiger partial charge in [-0.05, 0) is 48.4 Å². The second-order valence-corrected chi connectivity index (χ2v) is 9.91. The Morgan fingerprint density at radius 1 is 1.14 bits per heavy atom. The SMILES string of the molecule is CC(C(=O)O)[C@](O)(c1cnc(Sc2ccc3c(-c4ccc(F)cc4)cc(=O)oc3c2)s1)C(F)(F)F. The summed E-state index contributed by atoms with van der Waals surface area (Å²) in [6, 6.07) is 11.6. The van der Waals surface area contributed by atoms with E-state index in [-0.39, 0.29) is 9.92 Å². The lowest BCUT2D eigenvalue weighted by Gasteiger charge is -2.32. The van der Waals surface area contributed by atoms with Gasteiger partial charge >= 0.3 is 17.8 Å². The van der Waals surface area contributed by atoms with Crippen molar-refractivity contribution in [1.82, 2.24) is 4.98 Å². The number of aromatic nitrogens is 1. The first-order valence-corrected chi connectivity index (χ1v) is 11.5. The predicted octanol–water partition coefficient (Wildman–Crippen LogP) is 5.68. The van der Waals surface area contributed by atoms with Crippen molar-refractivity contribution in [2.75, 3.05) is 0 Å². The third kappa shape index (κ3) is 4.68. The average Bonchev–Trinajstić information content (AvgIpc) is 3.25. The molecule has 0 saturated carbocycles. The Bertz CT molecular complexity index is 1470. The highest BCUT2D eigenvalue weighted by molar-refractivity contribution is 8.01. The Balaban J connectivity index is 1.69. The number of rotatable bonds is 6. The van der Waals surface area contributed by atoms with Crippen LogP contribution in [0.4, 0.5) is 17.6 Å². The highest BCUT2D eigenvalue weighted by Crippen LogP contribution is 2.48. The van der Waals surface area contributed by atoms with Crippen LogP contribution in [0, 0.1) is 11.7 Å². The van der Waals surface area contributed by atoms with E-state index in [1.54, 1.807) is 12.1 Å². The highest BCUT2D eigenvalue weighted by Gasteiger charge is 2.61. The number of carboxylic acids is 1. The van der Waals surface area contributed by atoms with Gasteiger partial charge in [0.2, 0.25) is 5.60 Å². The van der Waals surface area contributed by atoms with E-state index in [1.807, 2.05) is 0 Å². The van der Waals surface area contributed by atoms with E-state index in [4.69, 9.17) is 9.52 Å². The van der Waals surface area contributed by atoms with Crippen molar-refractivity contribution in [3.05, 3.63) is 75.8 Å². The largest absolute Gasteiger partial charge is 0.481 e. The molecule has 0 spiro atoms. The molecule has 0 radical (unpaired) electrons. The monoisotopic (exact) mass is 525 g/mol. The van der Waals surface area contributed by atoms with Gasteiger partial charge < -0.3 is 14.6 Å². The van der Waals surface area contributed by atoms with Crippen LogP contribution in [-0.4, -0.2) is 27.3 Å². The molecule has 0 aliphatic carbocycles. The first kappa shape index (κ1) is 24.9. The minimum Gasteiger partial charge on any atom is -0.481 e. The molecule has 6 nitrogen and oxygen atoms in total. The molecule has 2 aromatic carbocycles. The number of carbonyl (C=O) groups is 1. The standard InChI is InChI=1S/C23H15F4NO5S2/c1-11(20(30)31)22(32,23(25,26)27)18-10-28-21(35-18)34-14-6-7-15-16(9-19(29)33-17(15)8-14)12-2-4-13(24)5-3-12/h2-11,32H,1H3,(H,30,31)/t11?,22-/m0/s1. The summed E-state index contributed by atoms with van der Waals surface area (Å²) in [4.78, 5) is 27.0. The number of nitrogens with zero attached hydrogens (tertiary/aromatic N) is 1. The fourth-order valence-electron chi connectivity index (χ4n) is 3.43. The van der Waals surface area contributed by atoms with Crippen molar-refractivity contribution >= 4 is 40.0 Å². The Hall–Kier alpha value is -3.22. The summed E-state index contributed by atoms with van der Waals surface area (Å²) in [5.41, 5.74) is -2.95. The normalized spacial score (nSPS) is 14.6. The van der Waals surface area contributed by atoms with E-state index in [9.17, 15) is 32.3 Å². The van der Waals surface area contributed by atoms with Gasteiger partial charge in [-0.1, -0.05) is 23.9 Å². The summed E-state index contributed by atoms with van der Waals surface area (Å²) >= 11 is 1.46. The van der Waals surface area contributed by atoms with Crippen LogP contribution < -0.4 is 5.63 Å². The Kier molecular flexibility index (Phi) is 6.47. The van der Waals surface area contributed by atoms with Gasteiger partial charge in [-0.25, -0.2) is 14.2 Å². The van der Waals surface area contributed by atoms with Gasteiger partial charge in [-0.2, -0.15) is 13.2 Å². The van der Waals surface area contributed by atoms with Crippen molar-refractivity contribution < 1.29 is 37.0 Å². The van der Waals surface area contributed by atoms with Crippen LogP contribution in [0.25, 0.3) is 22.1 Å². The summed E-state index contributed by atoms with van der Waals surface area (Å²) in [6.45, 7) is 0.770. The van der Waals surface area contributed by atoms with Crippen LogP contribution in [0.5, 0.6) is 0 Å². The average molecular weight is 526 g/mol. The van der Waals surface area contributed by atoms with E-state index >= 15 is 0 Å². The molecule has 0 aliphatic rings. The predicted molar refractivity (Wildman–Crippen MR) is 121 cm³/mol. The van der Waals surface area contributed by atoms with Gasteiger partial charge in [0.15, 0.2) is 4.34 Å². The van der Waals surface area contributed by atoms with Gasteiger partial charge in [-0.3, -0.25) is 4.79 Å². The molecule has 0 fully saturated rings. The molecular weight excluding hydrogens is 510 g/mol. The number of carboxylic acid groups (broad SMARTS) is 1. The van der Waals surface area contributed by atoms with Gasteiger partial charge in [0.1, 0.15) is 11.4 Å². The molecule has 12 heteroatoms. The van der Waals surface area contributed by atoms with Gasteiger partial charge in [0, 0.05) is 22.5 Å². The molecule has 0 bridgehead atoms. The van der Waals surface area contributed by atoms with Crippen molar-refractivity contribution in [3.8, 4) is 11.1 Å². The zero-order chi connectivity index (χ0) is 25.5. The summed E-state index contributed by atoms with van der Waals surface area (Å²) in [7, 11) is 0. The second kappa shape index (κ2) is 9.10. The minimum absolute atomic E-state index is 0.108. The quantitative estimate of drug-likeness (QED) is 0.247. The maximum Gasteiger partial charge on any atom is 0.423 e. The molecule has 2 N–H and O–H groups in total. The van der Waals surface area contributed by atoms with E-state index in [0.29, 0.717) is 32.7 Å². The maximum absolute atomic E-state index is 13.6. The molecule has 2 aromatic heterocycles. The molecular formula is C23H15F4NO5S2. The molecule has 0 aliphatic heterocycles. The van der Waals surface area contributed by atoms with E-state index in [0.717, 1.165) is 24.9 Å². The number of alkyl halides is 3. The number of halogens is 4. The van der Waals surface area contributed by atoms with Gasteiger partial charge in [-0.15, -0.1) is 11.3 Å². The molecule has 35 heavy (non-hydrogen) atoms. The van der Waals surface area contributed by atoms with Gasteiger partial charge in [0.25, 0.3) is 0 Å². The van der Waals surface area contributed by atoms with Crippen molar-refractivity contribution in [2.45, 2.75) is 27.9 Å². The van der Waals surface area contributed by atoms with Crippen LogP contribution in [0.2, 0.25) is 0 Å². The lowest BCUT2D eigenvalue weighted by Crippen LogP contribution is -2.49. The van der Waals surface area contributed by atoms with E-state index < -0.39 is 40.0 Å². The number of fused-ring (bicyclic) bond motifs is 1. The first-order chi connectivity index (χ1) is 16.4. The first-order valence-electron chi connectivity index (χ1n) is 9.90. The molecule has 0 saturated heterocycles. The molecule has 1 unspecified atom stereocenters. The smallest absolute Gasteiger partial charge is 0.423 e. The number of thiazole rings is 1. The zero-order valence-electron chi connectivity index (χ0n) is 17.7. The van der Waals surface area contributed by atoms with Crippen LogP contribution in [-0.2, 0) is 10.4 Å². The molecule has 4 rings (SSSR count). The zero-order valence-corrected chi connectivity index (χ0v) is 19.3. The third-order valence-electron chi connectivity index (χ3n) is 5.37. The lowest BCUT2D eigenvalue weighted by molar-refractivity contribution is -0.282. The highest BCUT2D eigenvalue weighted by atomic mass is 32.2. The molecule has 0 amide bonds. The Morgan fingerprint density at radius 3 is 2.46 bits per heavy atom. The Labute approximate surface area is 202 Å². The van der Waals surface area contributed by atoms with Crippen LogP contribution >= 0.6 is 23.1 Å². The van der Waals surface area contributed by atoms with Crippen LogP contribution in [0.1, 0.15) is 11.8 Å². The number of aliphatic hydroxyl groups is 1. The fraction of sp³-hybridized carbons (Fsp3) is 0.174. The molecule has 2 heterocycles. The van der Waals surface area contributed by atoms with Crippen LogP contribution in [0.15, 0.2) is 73.2 Å². The number of hydrogen-bond acceptors (Lipinski definition) is 7. The van der Waals surface area contributed by atoms with Crippen molar-refractivity contribution in [3.63, 3.8) is 0 Å². The van der Waals surface area contributed by atoms with Gasteiger partial charge in [0.05, 0.1) is 10.8 Å². The molecule has 2 atom stereocenters. The van der Waals surface area contributed by atoms with Crippen molar-refractivity contribution in [1.29, 1.82) is 0 Å². The minimum atomic E-state index is -5.25. The van der Waals surface area contributed by atoms with E-state index in [2.05, 4.69) is 4.98 Å². The summed E-state index contributed by atoms with van der Waals surface area (Å²) in [6.07, 6.45) is -4.45. The molecule has 4 aromatic rings. The molecule has 182 valence electrons. The second-order valence-electron chi connectivity index (χ2n) is 7.56. The summed E-state index contributed by atoms with van der Waals surface area (Å²) < 4.78 is 59.6. The Morgan fingerprint density at radius 2 is 1.83 bits per heavy atom. The number of hydrogen-bond donors (Lipinski definition) is 2. The summed E-state index contributed by atoms with van der Waals surface area (Å²) in [5.74, 6) is -4.41. The van der Waals surface area contributed by atoms with E-state index in [1.165, 1.54) is 36.4 Å².